The molecule has 2 aromatic rings. The van der Waals surface area contributed by atoms with Crippen molar-refractivity contribution in [3.63, 3.8) is 0 Å². The van der Waals surface area contributed by atoms with Crippen molar-refractivity contribution in [2.75, 3.05) is 7.05 Å². The van der Waals surface area contributed by atoms with E-state index < -0.39 is 0 Å². The maximum absolute atomic E-state index is 4.43. The number of H-pyrrole nitrogens is 1. The van der Waals surface area contributed by atoms with Gasteiger partial charge in [-0.3, -0.25) is 0 Å². The van der Waals surface area contributed by atoms with Crippen LogP contribution in [-0.2, 0) is 6.54 Å². The summed E-state index contributed by atoms with van der Waals surface area (Å²) < 4.78 is 0. The van der Waals surface area contributed by atoms with E-state index in [1.165, 1.54) is 11.1 Å². The van der Waals surface area contributed by atoms with Gasteiger partial charge in [0.15, 0.2) is 5.16 Å². The SMILES string of the molecule is CNCc1cnc(Sc2ncc[nH]2)c(C)c1. The topological polar surface area (TPSA) is 53.6 Å². The molecule has 0 aliphatic rings. The molecule has 0 radical (unpaired) electrons. The second-order valence-corrected chi connectivity index (χ2v) is 4.47. The third-order valence-electron chi connectivity index (χ3n) is 2.13. The van der Waals surface area contributed by atoms with Crippen molar-refractivity contribution in [3.8, 4) is 0 Å². The summed E-state index contributed by atoms with van der Waals surface area (Å²) >= 11 is 1.55. The predicted octanol–water partition coefficient (Wildman–Crippen LogP) is 1.98. The van der Waals surface area contributed by atoms with Crippen LogP contribution in [0.5, 0.6) is 0 Å². The van der Waals surface area contributed by atoms with Gasteiger partial charge < -0.3 is 10.3 Å². The van der Waals surface area contributed by atoms with Crippen molar-refractivity contribution in [1.82, 2.24) is 20.3 Å². The van der Waals surface area contributed by atoms with Crippen LogP contribution in [0.3, 0.4) is 0 Å². The zero-order chi connectivity index (χ0) is 11.4. The second kappa shape index (κ2) is 5.14. The van der Waals surface area contributed by atoms with Crippen LogP contribution in [-0.4, -0.2) is 22.0 Å². The predicted molar refractivity (Wildman–Crippen MR) is 64.4 cm³/mol. The van der Waals surface area contributed by atoms with E-state index in [9.17, 15) is 0 Å². The average Bonchev–Trinajstić information content (AvgIpc) is 2.75. The van der Waals surface area contributed by atoms with Crippen LogP contribution in [0.15, 0.2) is 34.8 Å². The maximum atomic E-state index is 4.43. The van der Waals surface area contributed by atoms with Gasteiger partial charge in [0.25, 0.3) is 0 Å². The molecule has 4 nitrogen and oxygen atoms in total. The van der Waals surface area contributed by atoms with Gasteiger partial charge in [-0.25, -0.2) is 9.97 Å². The Bertz CT molecular complexity index is 453. The largest absolute Gasteiger partial charge is 0.339 e. The summed E-state index contributed by atoms with van der Waals surface area (Å²) in [6.07, 6.45) is 5.45. The summed E-state index contributed by atoms with van der Waals surface area (Å²) in [5, 5.41) is 4.98. The van der Waals surface area contributed by atoms with Crippen LogP contribution in [0.25, 0.3) is 0 Å². The second-order valence-electron chi connectivity index (χ2n) is 3.49. The van der Waals surface area contributed by atoms with E-state index in [4.69, 9.17) is 0 Å². The molecule has 84 valence electrons. The summed E-state index contributed by atoms with van der Waals surface area (Å²) in [5.74, 6) is 0. The molecule has 0 aliphatic carbocycles. The first-order valence-electron chi connectivity index (χ1n) is 5.07. The van der Waals surface area contributed by atoms with E-state index in [2.05, 4.69) is 33.3 Å². The monoisotopic (exact) mass is 234 g/mol. The van der Waals surface area contributed by atoms with Gasteiger partial charge in [0.1, 0.15) is 5.03 Å². The fourth-order valence-electron chi connectivity index (χ4n) is 1.43. The van der Waals surface area contributed by atoms with Crippen LogP contribution in [0.4, 0.5) is 0 Å². The highest BCUT2D eigenvalue weighted by Crippen LogP contribution is 2.25. The van der Waals surface area contributed by atoms with E-state index in [0.717, 1.165) is 16.7 Å². The van der Waals surface area contributed by atoms with Gasteiger partial charge >= 0.3 is 0 Å². The minimum Gasteiger partial charge on any atom is -0.339 e. The van der Waals surface area contributed by atoms with Crippen molar-refractivity contribution >= 4 is 11.8 Å². The van der Waals surface area contributed by atoms with Crippen molar-refractivity contribution < 1.29 is 0 Å². The molecule has 0 saturated heterocycles. The molecule has 0 spiro atoms. The highest BCUT2D eigenvalue weighted by molar-refractivity contribution is 7.99. The number of aromatic nitrogens is 3. The molecule has 0 amide bonds. The molecule has 2 aromatic heterocycles. The van der Waals surface area contributed by atoms with Crippen molar-refractivity contribution in [2.24, 2.45) is 0 Å². The fourth-order valence-corrected chi connectivity index (χ4v) is 2.18. The summed E-state index contributed by atoms with van der Waals surface area (Å²) in [7, 11) is 1.93. The van der Waals surface area contributed by atoms with Gasteiger partial charge in [-0.2, -0.15) is 0 Å². The van der Waals surface area contributed by atoms with Crippen LogP contribution >= 0.6 is 11.8 Å². The minimum absolute atomic E-state index is 0.847. The molecular weight excluding hydrogens is 220 g/mol. The van der Waals surface area contributed by atoms with E-state index in [1.807, 2.05) is 19.4 Å². The summed E-state index contributed by atoms with van der Waals surface area (Å²) in [6.45, 7) is 2.91. The molecule has 5 heteroatoms. The van der Waals surface area contributed by atoms with Crippen molar-refractivity contribution in [3.05, 3.63) is 35.8 Å². The van der Waals surface area contributed by atoms with E-state index in [0.29, 0.717) is 0 Å². The first-order valence-corrected chi connectivity index (χ1v) is 5.88. The highest BCUT2D eigenvalue weighted by Gasteiger charge is 2.05. The lowest BCUT2D eigenvalue weighted by molar-refractivity contribution is 0.806. The number of aryl methyl sites for hydroxylation is 1. The zero-order valence-corrected chi connectivity index (χ0v) is 10.1. The number of nitrogens with one attached hydrogen (secondary N) is 2. The first-order chi connectivity index (χ1) is 7.79. The van der Waals surface area contributed by atoms with Gasteiger partial charge in [-0.05, 0) is 36.9 Å². The summed E-state index contributed by atoms with van der Waals surface area (Å²) in [5.41, 5.74) is 2.37. The van der Waals surface area contributed by atoms with Gasteiger partial charge in [-0.15, -0.1) is 0 Å². The lowest BCUT2D eigenvalue weighted by Gasteiger charge is -2.05. The Morgan fingerprint density at radius 2 is 2.31 bits per heavy atom. The fraction of sp³-hybridized carbons (Fsp3) is 0.273. The van der Waals surface area contributed by atoms with E-state index >= 15 is 0 Å². The number of aromatic amines is 1. The van der Waals surface area contributed by atoms with Gasteiger partial charge in [0.05, 0.1) is 0 Å². The Balaban J connectivity index is 2.16. The number of hydrogen-bond acceptors (Lipinski definition) is 4. The highest BCUT2D eigenvalue weighted by atomic mass is 32.2. The smallest absolute Gasteiger partial charge is 0.171 e. The average molecular weight is 234 g/mol. The molecule has 2 heterocycles. The molecular formula is C11H14N4S. The minimum atomic E-state index is 0.847. The number of pyridine rings is 1. The molecule has 16 heavy (non-hydrogen) atoms. The number of hydrogen-bond donors (Lipinski definition) is 2. The summed E-state index contributed by atoms with van der Waals surface area (Å²) in [6, 6.07) is 2.15. The molecule has 0 atom stereocenters. The molecule has 0 bridgehead atoms. The quantitative estimate of drug-likeness (QED) is 0.849. The number of nitrogens with zero attached hydrogens (tertiary/aromatic N) is 2. The Labute approximate surface area is 98.9 Å². The normalized spacial score (nSPS) is 10.6. The Morgan fingerprint density at radius 3 is 2.94 bits per heavy atom. The standard InChI is InChI=1S/C11H14N4S/c1-8-5-9(6-12-2)7-15-10(8)16-11-13-3-4-14-11/h3-5,7,12H,6H2,1-2H3,(H,13,14). The maximum Gasteiger partial charge on any atom is 0.171 e. The molecule has 0 unspecified atom stereocenters. The van der Waals surface area contributed by atoms with Crippen LogP contribution in [0.1, 0.15) is 11.1 Å². The Hall–Kier alpha value is -1.33. The lowest BCUT2D eigenvalue weighted by Crippen LogP contribution is -2.05. The molecule has 0 aliphatic heterocycles. The third-order valence-corrected chi connectivity index (χ3v) is 3.17. The van der Waals surface area contributed by atoms with Crippen LogP contribution in [0.2, 0.25) is 0 Å². The molecule has 2 N–H and O–H groups in total. The van der Waals surface area contributed by atoms with Crippen LogP contribution in [0, 0.1) is 6.92 Å². The number of rotatable bonds is 4. The third kappa shape index (κ3) is 2.62. The Kier molecular flexibility index (Phi) is 3.58. The van der Waals surface area contributed by atoms with Crippen molar-refractivity contribution in [1.29, 1.82) is 0 Å². The zero-order valence-electron chi connectivity index (χ0n) is 9.32. The lowest BCUT2D eigenvalue weighted by atomic mass is 10.2. The van der Waals surface area contributed by atoms with Gasteiger partial charge in [0, 0.05) is 25.1 Å². The van der Waals surface area contributed by atoms with E-state index in [-0.39, 0.29) is 0 Å². The molecule has 0 saturated carbocycles. The van der Waals surface area contributed by atoms with Crippen molar-refractivity contribution in [2.45, 2.75) is 23.7 Å². The summed E-state index contributed by atoms with van der Waals surface area (Å²) in [4.78, 5) is 11.7. The number of imidazole rings is 1. The molecule has 2 rings (SSSR count). The van der Waals surface area contributed by atoms with Gasteiger partial charge in [-0.1, -0.05) is 6.07 Å². The first kappa shape index (κ1) is 11.2. The molecule has 0 fully saturated rings. The molecule has 0 aromatic carbocycles. The van der Waals surface area contributed by atoms with E-state index in [1.54, 1.807) is 18.0 Å². The van der Waals surface area contributed by atoms with Gasteiger partial charge in [0.2, 0.25) is 0 Å². The van der Waals surface area contributed by atoms with Crippen LogP contribution < -0.4 is 5.32 Å². The Morgan fingerprint density at radius 1 is 1.44 bits per heavy atom.